The third kappa shape index (κ3) is 4.40. The average Bonchev–Trinajstić information content (AvgIpc) is 3.08. The molecule has 0 unspecified atom stereocenters. The number of fused-ring (bicyclic) bond motifs is 1. The summed E-state index contributed by atoms with van der Waals surface area (Å²) >= 11 is 6.17. The Bertz CT molecular complexity index is 1010. The van der Waals surface area contributed by atoms with E-state index in [2.05, 4.69) is 4.72 Å². The first-order valence-electron chi connectivity index (χ1n) is 8.63. The van der Waals surface area contributed by atoms with Gasteiger partial charge in [0.15, 0.2) is 11.5 Å². The van der Waals surface area contributed by atoms with Crippen molar-refractivity contribution in [3.8, 4) is 11.5 Å². The summed E-state index contributed by atoms with van der Waals surface area (Å²) in [7, 11) is -2.11. The van der Waals surface area contributed by atoms with E-state index in [-0.39, 0.29) is 34.2 Å². The fourth-order valence-corrected chi connectivity index (χ4v) is 4.28. The molecule has 0 radical (unpaired) electrons. The second kappa shape index (κ2) is 7.98. The molecule has 0 fully saturated rings. The highest BCUT2D eigenvalue weighted by Crippen LogP contribution is 2.33. The number of ether oxygens (including phenoxy) is 2. The minimum atomic E-state index is -3.73. The van der Waals surface area contributed by atoms with Crippen LogP contribution in [0.15, 0.2) is 41.3 Å². The molecule has 2 aromatic rings. The molecule has 1 aliphatic rings. The Balaban J connectivity index is 1.82. The third-order valence-electron chi connectivity index (χ3n) is 4.07. The molecule has 150 valence electrons. The zero-order valence-electron chi connectivity index (χ0n) is 15.7. The number of hydrogen-bond donors (Lipinski definition) is 1. The lowest BCUT2D eigenvalue weighted by molar-refractivity contribution is 0.0785. The first kappa shape index (κ1) is 20.4. The fraction of sp³-hybridized carbons (Fsp3) is 0.316. The van der Waals surface area contributed by atoms with Gasteiger partial charge < -0.3 is 14.4 Å². The van der Waals surface area contributed by atoms with Crippen LogP contribution in [0.3, 0.4) is 0 Å². The van der Waals surface area contributed by atoms with Crippen LogP contribution in [0.5, 0.6) is 11.5 Å². The molecule has 0 spiro atoms. The van der Waals surface area contributed by atoms with Gasteiger partial charge in [0.25, 0.3) is 5.91 Å². The Morgan fingerprint density at radius 1 is 1.18 bits per heavy atom. The van der Waals surface area contributed by atoms with Crippen molar-refractivity contribution in [1.29, 1.82) is 0 Å². The summed E-state index contributed by atoms with van der Waals surface area (Å²) < 4.78 is 37.9. The Labute approximate surface area is 169 Å². The number of hydrogen-bond acceptors (Lipinski definition) is 5. The summed E-state index contributed by atoms with van der Waals surface area (Å²) in [6.45, 7) is 3.92. The maximum absolute atomic E-state index is 12.9. The summed E-state index contributed by atoms with van der Waals surface area (Å²) in [6.07, 6.45) is 0. The van der Waals surface area contributed by atoms with E-state index in [9.17, 15) is 13.2 Å². The van der Waals surface area contributed by atoms with Crippen molar-refractivity contribution >= 4 is 27.5 Å². The monoisotopic (exact) mass is 424 g/mol. The van der Waals surface area contributed by atoms with Crippen LogP contribution in [0.4, 0.5) is 0 Å². The molecular weight excluding hydrogens is 404 g/mol. The topological polar surface area (TPSA) is 84.9 Å². The SMILES string of the molecule is CC(C)NS(=O)(=O)c1ccc(Cl)c(C(=O)N(C)Cc2ccc3c(c2)OCO3)c1. The van der Waals surface area contributed by atoms with E-state index in [1.54, 1.807) is 33.0 Å². The molecule has 1 N–H and O–H groups in total. The van der Waals surface area contributed by atoms with E-state index < -0.39 is 10.0 Å². The largest absolute Gasteiger partial charge is 0.454 e. The van der Waals surface area contributed by atoms with Gasteiger partial charge in [-0.3, -0.25) is 4.79 Å². The molecule has 0 saturated heterocycles. The summed E-state index contributed by atoms with van der Waals surface area (Å²) in [5.74, 6) is 0.907. The normalized spacial score (nSPS) is 13.0. The molecule has 0 atom stereocenters. The van der Waals surface area contributed by atoms with Crippen molar-refractivity contribution in [2.45, 2.75) is 31.3 Å². The lowest BCUT2D eigenvalue weighted by Gasteiger charge is -2.19. The summed E-state index contributed by atoms with van der Waals surface area (Å²) in [5.41, 5.74) is 0.970. The van der Waals surface area contributed by atoms with Gasteiger partial charge in [0.1, 0.15) is 0 Å². The van der Waals surface area contributed by atoms with E-state index in [1.165, 1.54) is 23.1 Å². The van der Waals surface area contributed by atoms with Crippen molar-refractivity contribution in [1.82, 2.24) is 9.62 Å². The number of sulfonamides is 1. The van der Waals surface area contributed by atoms with Gasteiger partial charge in [-0.2, -0.15) is 0 Å². The predicted octanol–water partition coefficient (Wildman–Crippen LogP) is 3.03. The van der Waals surface area contributed by atoms with E-state index in [1.807, 2.05) is 6.07 Å². The number of benzene rings is 2. The molecule has 7 nitrogen and oxygen atoms in total. The smallest absolute Gasteiger partial charge is 0.255 e. The van der Waals surface area contributed by atoms with Crippen LogP contribution in [-0.2, 0) is 16.6 Å². The summed E-state index contributed by atoms with van der Waals surface area (Å²) in [6, 6.07) is 9.25. The van der Waals surface area contributed by atoms with Crippen molar-refractivity contribution < 1.29 is 22.7 Å². The zero-order chi connectivity index (χ0) is 20.5. The van der Waals surface area contributed by atoms with E-state index >= 15 is 0 Å². The van der Waals surface area contributed by atoms with Gasteiger partial charge in [-0.25, -0.2) is 13.1 Å². The van der Waals surface area contributed by atoms with E-state index in [0.717, 1.165) is 5.56 Å². The van der Waals surface area contributed by atoms with Crippen LogP contribution in [0.1, 0.15) is 29.8 Å². The van der Waals surface area contributed by atoms with Gasteiger partial charge in [-0.05, 0) is 49.7 Å². The van der Waals surface area contributed by atoms with Crippen LogP contribution >= 0.6 is 11.6 Å². The third-order valence-corrected chi connectivity index (χ3v) is 6.06. The van der Waals surface area contributed by atoms with Crippen LogP contribution in [-0.4, -0.2) is 39.1 Å². The van der Waals surface area contributed by atoms with E-state index in [4.69, 9.17) is 21.1 Å². The predicted molar refractivity (Wildman–Crippen MR) is 105 cm³/mol. The van der Waals surface area contributed by atoms with Gasteiger partial charge in [-0.1, -0.05) is 17.7 Å². The molecule has 0 aliphatic carbocycles. The minimum absolute atomic E-state index is 0.00886. The number of nitrogens with one attached hydrogen (secondary N) is 1. The molecule has 0 saturated carbocycles. The molecule has 0 bridgehead atoms. The maximum atomic E-state index is 12.9. The van der Waals surface area contributed by atoms with Gasteiger partial charge in [0, 0.05) is 19.6 Å². The molecule has 3 rings (SSSR count). The molecule has 1 amide bonds. The summed E-state index contributed by atoms with van der Waals surface area (Å²) in [5, 5.41) is 0.186. The maximum Gasteiger partial charge on any atom is 0.255 e. The van der Waals surface area contributed by atoms with Gasteiger partial charge in [-0.15, -0.1) is 0 Å². The Hall–Kier alpha value is -2.29. The van der Waals surface area contributed by atoms with Crippen molar-refractivity contribution in [2.24, 2.45) is 0 Å². The Morgan fingerprint density at radius 2 is 1.89 bits per heavy atom. The zero-order valence-corrected chi connectivity index (χ0v) is 17.3. The van der Waals surface area contributed by atoms with Crippen molar-refractivity contribution in [3.05, 3.63) is 52.5 Å². The Kier molecular flexibility index (Phi) is 5.83. The first-order valence-corrected chi connectivity index (χ1v) is 10.5. The van der Waals surface area contributed by atoms with Gasteiger partial charge in [0.05, 0.1) is 15.5 Å². The lowest BCUT2D eigenvalue weighted by Crippen LogP contribution is -2.31. The van der Waals surface area contributed by atoms with Crippen molar-refractivity contribution in [3.63, 3.8) is 0 Å². The molecule has 1 heterocycles. The van der Waals surface area contributed by atoms with E-state index in [0.29, 0.717) is 18.0 Å². The van der Waals surface area contributed by atoms with Crippen LogP contribution in [0, 0.1) is 0 Å². The van der Waals surface area contributed by atoms with Gasteiger partial charge in [0.2, 0.25) is 16.8 Å². The second-order valence-corrected chi connectivity index (χ2v) is 8.89. The fourth-order valence-electron chi connectivity index (χ4n) is 2.80. The highest BCUT2D eigenvalue weighted by Gasteiger charge is 2.22. The molecule has 28 heavy (non-hydrogen) atoms. The number of nitrogens with zero attached hydrogens (tertiary/aromatic N) is 1. The highest BCUT2D eigenvalue weighted by molar-refractivity contribution is 7.89. The second-order valence-electron chi connectivity index (χ2n) is 6.77. The van der Waals surface area contributed by atoms with Crippen LogP contribution in [0.2, 0.25) is 5.02 Å². The molecule has 2 aromatic carbocycles. The number of carbonyl (C=O) groups excluding carboxylic acids is 1. The number of halogens is 1. The first-order chi connectivity index (χ1) is 13.2. The van der Waals surface area contributed by atoms with Crippen LogP contribution < -0.4 is 14.2 Å². The van der Waals surface area contributed by atoms with Gasteiger partial charge >= 0.3 is 0 Å². The molecular formula is C19H21ClN2O5S. The standard InChI is InChI=1S/C19H21ClN2O5S/c1-12(2)21-28(24,25)14-5-6-16(20)15(9-14)19(23)22(3)10-13-4-7-17-18(8-13)27-11-26-17/h4-9,12,21H,10-11H2,1-3H3. The van der Waals surface area contributed by atoms with Crippen molar-refractivity contribution in [2.75, 3.05) is 13.8 Å². The number of amides is 1. The number of carbonyl (C=O) groups is 1. The molecule has 1 aliphatic heterocycles. The quantitative estimate of drug-likeness (QED) is 0.770. The average molecular weight is 425 g/mol. The minimum Gasteiger partial charge on any atom is -0.454 e. The van der Waals surface area contributed by atoms with Crippen LogP contribution in [0.25, 0.3) is 0 Å². The Morgan fingerprint density at radius 3 is 2.61 bits per heavy atom. The lowest BCUT2D eigenvalue weighted by atomic mass is 10.1. The highest BCUT2D eigenvalue weighted by atomic mass is 35.5. The summed E-state index contributed by atoms with van der Waals surface area (Å²) in [4.78, 5) is 14.3. The number of rotatable bonds is 6. The molecule has 0 aromatic heterocycles. The molecule has 9 heteroatoms.